The summed E-state index contributed by atoms with van der Waals surface area (Å²) >= 11 is 0.930. The van der Waals surface area contributed by atoms with E-state index in [4.69, 9.17) is 14.2 Å². The zero-order valence-electron chi connectivity index (χ0n) is 18.6. The van der Waals surface area contributed by atoms with Gasteiger partial charge in [-0.2, -0.15) is 0 Å². The van der Waals surface area contributed by atoms with Crippen LogP contribution in [0.15, 0.2) is 65.6 Å². The number of amides is 2. The van der Waals surface area contributed by atoms with Gasteiger partial charge in [-0.15, -0.1) is 0 Å². The molecule has 1 heterocycles. The zero-order valence-corrected chi connectivity index (χ0v) is 19.4. The fourth-order valence-electron chi connectivity index (χ4n) is 3.52. The number of methoxy groups -OCH3 is 1. The number of benzene rings is 3. The molecule has 0 aromatic heterocycles. The molecule has 2 amide bonds. The Kier molecular flexibility index (Phi) is 7.32. The molecule has 1 aliphatic heterocycles. The quantitative estimate of drug-likeness (QED) is 0.391. The molecule has 6 nitrogen and oxygen atoms in total. The van der Waals surface area contributed by atoms with Crippen LogP contribution in [0.4, 0.5) is 4.79 Å². The summed E-state index contributed by atoms with van der Waals surface area (Å²) in [5.41, 5.74) is 1.82. The van der Waals surface area contributed by atoms with E-state index in [2.05, 4.69) is 30.3 Å². The maximum atomic E-state index is 12.6. The highest BCUT2D eigenvalue weighted by molar-refractivity contribution is 8.18. The van der Waals surface area contributed by atoms with Crippen molar-refractivity contribution in [2.45, 2.75) is 13.5 Å². The average Bonchev–Trinajstić information content (AvgIpc) is 3.09. The Bertz CT molecular complexity index is 1210. The number of hydrogen-bond acceptors (Lipinski definition) is 6. The lowest BCUT2D eigenvalue weighted by molar-refractivity contribution is -0.123. The van der Waals surface area contributed by atoms with Crippen molar-refractivity contribution in [2.24, 2.45) is 0 Å². The molecule has 1 aliphatic rings. The van der Waals surface area contributed by atoms with Crippen molar-refractivity contribution in [2.75, 3.05) is 26.9 Å². The maximum absolute atomic E-state index is 12.6. The molecule has 7 heteroatoms. The molecule has 1 saturated heterocycles. The highest BCUT2D eigenvalue weighted by Crippen LogP contribution is 2.35. The summed E-state index contributed by atoms with van der Waals surface area (Å²) in [4.78, 5) is 26.3. The second-order valence-electron chi connectivity index (χ2n) is 7.44. The largest absolute Gasteiger partial charge is 0.490 e. The van der Waals surface area contributed by atoms with Gasteiger partial charge in [0.15, 0.2) is 11.5 Å². The second-order valence-corrected chi connectivity index (χ2v) is 8.43. The van der Waals surface area contributed by atoms with E-state index in [1.54, 1.807) is 6.08 Å². The summed E-state index contributed by atoms with van der Waals surface area (Å²) in [6.45, 7) is 3.33. The van der Waals surface area contributed by atoms with E-state index < -0.39 is 0 Å². The van der Waals surface area contributed by atoms with Crippen LogP contribution in [0, 0.1) is 0 Å². The number of fused-ring (bicyclic) bond motifs is 1. The van der Waals surface area contributed by atoms with E-state index in [9.17, 15) is 9.59 Å². The minimum Gasteiger partial charge on any atom is -0.490 e. The van der Waals surface area contributed by atoms with Crippen molar-refractivity contribution in [3.8, 4) is 11.5 Å². The third kappa shape index (κ3) is 5.38. The fraction of sp³-hybridized carbons (Fsp3) is 0.231. The number of hydrogen-bond donors (Lipinski definition) is 0. The minimum atomic E-state index is -0.309. The Hall–Kier alpha value is -3.29. The number of nitrogens with zero attached hydrogens (tertiary/aromatic N) is 1. The van der Waals surface area contributed by atoms with E-state index in [-0.39, 0.29) is 17.7 Å². The second kappa shape index (κ2) is 10.6. The van der Waals surface area contributed by atoms with Gasteiger partial charge in [-0.25, -0.2) is 0 Å². The summed E-state index contributed by atoms with van der Waals surface area (Å²) in [5.74, 6) is 0.901. The molecule has 3 aromatic carbocycles. The monoisotopic (exact) mass is 463 g/mol. The number of carbonyl (C=O) groups excluding carboxylic acids is 2. The number of thioether (sulfide) groups is 1. The van der Waals surface area contributed by atoms with Crippen molar-refractivity contribution in [3.63, 3.8) is 0 Å². The summed E-state index contributed by atoms with van der Waals surface area (Å²) in [5, 5.41) is 2.06. The van der Waals surface area contributed by atoms with Crippen LogP contribution in [-0.2, 0) is 16.1 Å². The molecule has 1 fully saturated rings. The highest BCUT2D eigenvalue weighted by Gasteiger charge is 2.34. The molecule has 0 bridgehead atoms. The number of imide groups is 1. The van der Waals surface area contributed by atoms with E-state index in [1.807, 2.05) is 37.3 Å². The minimum absolute atomic E-state index is 0.240. The van der Waals surface area contributed by atoms with Gasteiger partial charge in [-0.05, 0) is 64.9 Å². The molecular weight excluding hydrogens is 438 g/mol. The molecule has 0 radical (unpaired) electrons. The van der Waals surface area contributed by atoms with Gasteiger partial charge in [-0.3, -0.25) is 14.5 Å². The smallest absolute Gasteiger partial charge is 0.293 e. The first-order valence-corrected chi connectivity index (χ1v) is 11.5. The van der Waals surface area contributed by atoms with Crippen molar-refractivity contribution < 1.29 is 23.8 Å². The molecular formula is C26H25NO5S. The maximum Gasteiger partial charge on any atom is 0.293 e. The third-order valence-corrected chi connectivity index (χ3v) is 6.07. The van der Waals surface area contributed by atoms with Crippen LogP contribution in [0.3, 0.4) is 0 Å². The van der Waals surface area contributed by atoms with Gasteiger partial charge in [0.2, 0.25) is 0 Å². The highest BCUT2D eigenvalue weighted by atomic mass is 32.2. The van der Waals surface area contributed by atoms with Crippen molar-refractivity contribution in [3.05, 3.63) is 76.7 Å². The molecule has 3 aromatic rings. The van der Waals surface area contributed by atoms with Gasteiger partial charge < -0.3 is 14.2 Å². The molecule has 170 valence electrons. The van der Waals surface area contributed by atoms with Crippen LogP contribution in [0.2, 0.25) is 0 Å². The van der Waals surface area contributed by atoms with Crippen LogP contribution < -0.4 is 9.47 Å². The summed E-state index contributed by atoms with van der Waals surface area (Å²) in [6.07, 6.45) is 1.70. The fourth-order valence-corrected chi connectivity index (χ4v) is 4.38. The third-order valence-electron chi connectivity index (χ3n) is 5.17. The van der Waals surface area contributed by atoms with E-state index in [1.165, 1.54) is 22.8 Å². The van der Waals surface area contributed by atoms with Crippen molar-refractivity contribution >= 4 is 39.8 Å². The molecule has 0 saturated carbocycles. The van der Waals surface area contributed by atoms with Crippen molar-refractivity contribution in [1.29, 1.82) is 0 Å². The first kappa shape index (κ1) is 22.9. The van der Waals surface area contributed by atoms with Crippen LogP contribution in [0.5, 0.6) is 11.5 Å². The number of rotatable bonds is 9. The molecule has 33 heavy (non-hydrogen) atoms. The standard InChI is InChI=1S/C26H25NO5S/c1-3-31-23-15-18(16-24-25(28)27(12-13-30-2)26(29)33-24)9-11-22(23)32-17-19-8-10-20-6-4-5-7-21(20)14-19/h4-11,14-16H,3,12-13,17H2,1-2H3/b24-16+. The van der Waals surface area contributed by atoms with Crippen LogP contribution in [0.25, 0.3) is 16.8 Å². The van der Waals surface area contributed by atoms with Gasteiger partial charge in [-0.1, -0.05) is 42.5 Å². The Balaban J connectivity index is 1.50. The molecule has 0 aliphatic carbocycles. The molecule has 0 unspecified atom stereocenters. The first-order chi connectivity index (χ1) is 16.1. The van der Waals surface area contributed by atoms with Crippen molar-refractivity contribution in [1.82, 2.24) is 4.90 Å². The Morgan fingerprint density at radius 3 is 2.55 bits per heavy atom. The van der Waals surface area contributed by atoms with Gasteiger partial charge >= 0.3 is 0 Å². The van der Waals surface area contributed by atoms with Gasteiger partial charge in [0.1, 0.15) is 6.61 Å². The first-order valence-electron chi connectivity index (χ1n) is 10.7. The molecule has 4 rings (SSSR count). The summed E-state index contributed by atoms with van der Waals surface area (Å²) in [7, 11) is 1.54. The Morgan fingerprint density at radius 2 is 1.76 bits per heavy atom. The normalized spacial score (nSPS) is 15.0. The van der Waals surface area contributed by atoms with Gasteiger partial charge in [0.25, 0.3) is 11.1 Å². The van der Waals surface area contributed by atoms with Gasteiger partial charge in [0.05, 0.1) is 24.7 Å². The molecule has 0 spiro atoms. The predicted molar refractivity (Wildman–Crippen MR) is 130 cm³/mol. The Labute approximate surface area is 197 Å². The lowest BCUT2D eigenvalue weighted by Gasteiger charge is -2.13. The summed E-state index contributed by atoms with van der Waals surface area (Å²) < 4.78 is 16.8. The lowest BCUT2D eigenvalue weighted by Crippen LogP contribution is -2.31. The lowest BCUT2D eigenvalue weighted by atomic mass is 10.1. The van der Waals surface area contributed by atoms with Gasteiger partial charge in [0, 0.05) is 7.11 Å². The van der Waals surface area contributed by atoms with E-state index in [0.29, 0.717) is 36.2 Å². The zero-order chi connectivity index (χ0) is 23.2. The molecule has 0 N–H and O–H groups in total. The van der Waals surface area contributed by atoms with E-state index >= 15 is 0 Å². The van der Waals surface area contributed by atoms with Crippen LogP contribution in [-0.4, -0.2) is 42.9 Å². The van der Waals surface area contributed by atoms with Crippen LogP contribution >= 0.6 is 11.8 Å². The Morgan fingerprint density at radius 1 is 0.939 bits per heavy atom. The van der Waals surface area contributed by atoms with E-state index in [0.717, 1.165) is 22.9 Å². The van der Waals surface area contributed by atoms with Crippen LogP contribution in [0.1, 0.15) is 18.1 Å². The SMILES string of the molecule is CCOc1cc(/C=C2/SC(=O)N(CCOC)C2=O)ccc1OCc1ccc2ccccc2c1. The number of ether oxygens (including phenoxy) is 3. The average molecular weight is 464 g/mol. The summed E-state index contributed by atoms with van der Waals surface area (Å²) in [6, 6.07) is 19.9. The number of carbonyl (C=O) groups is 2. The molecule has 0 atom stereocenters. The predicted octanol–water partition coefficient (Wildman–Crippen LogP) is 5.50. The topological polar surface area (TPSA) is 65.1 Å².